The highest BCUT2D eigenvalue weighted by Crippen LogP contribution is 2.28. The molecule has 0 spiro atoms. The van der Waals surface area contributed by atoms with Crippen LogP contribution in [0.2, 0.25) is 0 Å². The quantitative estimate of drug-likeness (QED) is 0.795. The van der Waals surface area contributed by atoms with E-state index >= 15 is 0 Å². The van der Waals surface area contributed by atoms with Gasteiger partial charge in [-0.3, -0.25) is 4.79 Å². The Morgan fingerprint density at radius 3 is 3.00 bits per heavy atom. The van der Waals surface area contributed by atoms with Crippen molar-refractivity contribution in [3.05, 3.63) is 39.7 Å². The van der Waals surface area contributed by atoms with Crippen LogP contribution < -0.4 is 5.32 Å². The fourth-order valence-electron chi connectivity index (χ4n) is 1.64. The first-order chi connectivity index (χ1) is 9.70. The van der Waals surface area contributed by atoms with E-state index in [0.717, 1.165) is 20.5 Å². The summed E-state index contributed by atoms with van der Waals surface area (Å²) < 4.78 is 0. The number of thiazole rings is 2. The first kappa shape index (κ1) is 13.4. The standard InChI is InChI=1S/C13H11N3OS3/c1-8-6-14-13(20-8)16-11(17)5-9-7-19-12(15-9)10-3-2-4-18-10/h2-4,6-7H,5H2,1H3,(H,14,16,17). The SMILES string of the molecule is Cc1cnc(NC(=O)Cc2csc(-c3cccs3)n2)s1. The number of carbonyl (C=O) groups is 1. The minimum Gasteiger partial charge on any atom is -0.302 e. The molecule has 4 nitrogen and oxygen atoms in total. The molecule has 3 aromatic heterocycles. The number of aryl methyl sites for hydroxylation is 1. The molecule has 0 unspecified atom stereocenters. The van der Waals surface area contributed by atoms with Gasteiger partial charge in [-0.1, -0.05) is 6.07 Å². The summed E-state index contributed by atoms with van der Waals surface area (Å²) in [6.45, 7) is 1.96. The largest absolute Gasteiger partial charge is 0.302 e. The molecular formula is C13H11N3OS3. The minimum atomic E-state index is -0.0811. The van der Waals surface area contributed by atoms with Crippen molar-refractivity contribution >= 4 is 45.0 Å². The van der Waals surface area contributed by atoms with Gasteiger partial charge >= 0.3 is 0 Å². The number of rotatable bonds is 4. The fourth-order valence-corrected chi connectivity index (χ4v) is 3.96. The van der Waals surface area contributed by atoms with Gasteiger partial charge < -0.3 is 5.32 Å². The van der Waals surface area contributed by atoms with Crippen molar-refractivity contribution in [1.82, 2.24) is 9.97 Å². The topological polar surface area (TPSA) is 54.9 Å². The number of nitrogens with one attached hydrogen (secondary N) is 1. The van der Waals surface area contributed by atoms with E-state index in [1.807, 2.05) is 29.8 Å². The van der Waals surface area contributed by atoms with E-state index < -0.39 is 0 Å². The summed E-state index contributed by atoms with van der Waals surface area (Å²) in [5.41, 5.74) is 0.796. The first-order valence-electron chi connectivity index (χ1n) is 5.91. The molecule has 3 heterocycles. The number of nitrogens with zero attached hydrogens (tertiary/aromatic N) is 2. The minimum absolute atomic E-state index is 0.0811. The van der Waals surface area contributed by atoms with Crippen molar-refractivity contribution in [1.29, 1.82) is 0 Å². The van der Waals surface area contributed by atoms with Crippen LogP contribution in [0.3, 0.4) is 0 Å². The lowest BCUT2D eigenvalue weighted by Crippen LogP contribution is -2.14. The monoisotopic (exact) mass is 321 g/mol. The van der Waals surface area contributed by atoms with Gasteiger partial charge in [0.05, 0.1) is 17.0 Å². The highest BCUT2D eigenvalue weighted by Gasteiger charge is 2.11. The van der Waals surface area contributed by atoms with Gasteiger partial charge in [0.1, 0.15) is 5.01 Å². The second-order valence-corrected chi connectivity index (χ2v) is 7.16. The van der Waals surface area contributed by atoms with Gasteiger partial charge in [-0.15, -0.1) is 34.0 Å². The van der Waals surface area contributed by atoms with Gasteiger partial charge in [-0.25, -0.2) is 9.97 Å². The summed E-state index contributed by atoms with van der Waals surface area (Å²) in [6, 6.07) is 4.03. The number of amides is 1. The Morgan fingerprint density at radius 1 is 1.40 bits per heavy atom. The molecule has 0 aromatic carbocycles. The number of carbonyl (C=O) groups excluding carboxylic acids is 1. The molecule has 1 N–H and O–H groups in total. The van der Waals surface area contributed by atoms with E-state index in [4.69, 9.17) is 0 Å². The summed E-state index contributed by atoms with van der Waals surface area (Å²) in [5, 5.41) is 8.35. The van der Waals surface area contributed by atoms with E-state index in [1.165, 1.54) is 11.3 Å². The molecule has 102 valence electrons. The molecule has 0 aliphatic heterocycles. The van der Waals surface area contributed by atoms with Crippen LogP contribution in [-0.4, -0.2) is 15.9 Å². The summed E-state index contributed by atoms with van der Waals surface area (Å²) in [7, 11) is 0. The average molecular weight is 321 g/mol. The molecule has 7 heteroatoms. The van der Waals surface area contributed by atoms with Gasteiger partial charge in [0.2, 0.25) is 5.91 Å². The molecule has 20 heavy (non-hydrogen) atoms. The Morgan fingerprint density at radius 2 is 2.30 bits per heavy atom. The predicted octanol–water partition coefficient (Wildman–Crippen LogP) is 3.82. The lowest BCUT2D eigenvalue weighted by atomic mass is 10.3. The van der Waals surface area contributed by atoms with E-state index in [9.17, 15) is 4.79 Å². The van der Waals surface area contributed by atoms with Gasteiger partial charge in [0.25, 0.3) is 0 Å². The Bertz CT molecular complexity index is 715. The lowest BCUT2D eigenvalue weighted by Gasteiger charge is -1.98. The predicted molar refractivity (Wildman–Crippen MR) is 84.6 cm³/mol. The normalized spacial score (nSPS) is 10.7. The molecule has 0 saturated carbocycles. The van der Waals surface area contributed by atoms with Crippen LogP contribution in [0.1, 0.15) is 10.6 Å². The van der Waals surface area contributed by atoms with Gasteiger partial charge in [0, 0.05) is 16.5 Å². The van der Waals surface area contributed by atoms with Crippen LogP contribution in [0.5, 0.6) is 0 Å². The highest BCUT2D eigenvalue weighted by atomic mass is 32.1. The van der Waals surface area contributed by atoms with Crippen LogP contribution in [0.15, 0.2) is 29.1 Å². The summed E-state index contributed by atoms with van der Waals surface area (Å²) in [5.74, 6) is -0.0811. The molecule has 1 amide bonds. The molecule has 0 saturated heterocycles. The van der Waals surface area contributed by atoms with E-state index in [-0.39, 0.29) is 12.3 Å². The Hall–Kier alpha value is -1.57. The summed E-state index contributed by atoms with van der Waals surface area (Å²) >= 11 is 4.69. The van der Waals surface area contributed by atoms with Crippen LogP contribution in [0.25, 0.3) is 9.88 Å². The number of aromatic nitrogens is 2. The molecule has 0 bridgehead atoms. The van der Waals surface area contributed by atoms with Crippen molar-refractivity contribution in [3.8, 4) is 9.88 Å². The van der Waals surface area contributed by atoms with Gasteiger partial charge in [-0.2, -0.15) is 0 Å². The number of hydrogen-bond donors (Lipinski definition) is 1. The first-order valence-corrected chi connectivity index (χ1v) is 8.49. The number of hydrogen-bond acceptors (Lipinski definition) is 6. The van der Waals surface area contributed by atoms with Crippen molar-refractivity contribution in [2.75, 3.05) is 5.32 Å². The molecule has 3 rings (SSSR count). The van der Waals surface area contributed by atoms with Crippen LogP contribution >= 0.6 is 34.0 Å². The summed E-state index contributed by atoms with van der Waals surface area (Å²) in [6.07, 6.45) is 2.03. The van der Waals surface area contributed by atoms with Crippen LogP contribution in [0, 0.1) is 6.92 Å². The lowest BCUT2D eigenvalue weighted by molar-refractivity contribution is -0.115. The molecule has 0 atom stereocenters. The van der Waals surface area contributed by atoms with Crippen molar-refractivity contribution in [2.45, 2.75) is 13.3 Å². The third kappa shape index (κ3) is 3.12. The third-order valence-electron chi connectivity index (χ3n) is 2.49. The van der Waals surface area contributed by atoms with Crippen LogP contribution in [-0.2, 0) is 11.2 Å². The van der Waals surface area contributed by atoms with Crippen molar-refractivity contribution in [3.63, 3.8) is 0 Å². The number of anilines is 1. The third-order valence-corrected chi connectivity index (χ3v) is 5.25. The van der Waals surface area contributed by atoms with Gasteiger partial charge in [-0.05, 0) is 18.4 Å². The Labute approximate surface area is 128 Å². The van der Waals surface area contributed by atoms with E-state index in [1.54, 1.807) is 28.9 Å². The maximum Gasteiger partial charge on any atom is 0.232 e. The van der Waals surface area contributed by atoms with Crippen LogP contribution in [0.4, 0.5) is 5.13 Å². The van der Waals surface area contributed by atoms with Crippen molar-refractivity contribution < 1.29 is 4.79 Å². The molecule has 0 radical (unpaired) electrons. The number of thiophene rings is 1. The zero-order valence-electron chi connectivity index (χ0n) is 10.6. The second kappa shape index (κ2) is 5.82. The zero-order valence-corrected chi connectivity index (χ0v) is 13.1. The highest BCUT2D eigenvalue weighted by molar-refractivity contribution is 7.20. The molecule has 0 aliphatic carbocycles. The second-order valence-electron chi connectivity index (χ2n) is 4.12. The Balaban J connectivity index is 1.64. The average Bonchev–Trinajstić information content (AvgIpc) is 3.10. The maximum atomic E-state index is 11.9. The molecule has 0 fully saturated rings. The molecule has 3 aromatic rings. The zero-order chi connectivity index (χ0) is 13.9. The van der Waals surface area contributed by atoms with E-state index in [2.05, 4.69) is 15.3 Å². The Kier molecular flexibility index (Phi) is 3.90. The fraction of sp³-hybridized carbons (Fsp3) is 0.154. The van der Waals surface area contributed by atoms with E-state index in [0.29, 0.717) is 5.13 Å². The molecule has 0 aliphatic rings. The summed E-state index contributed by atoms with van der Waals surface area (Å²) in [4.78, 5) is 22.7. The maximum absolute atomic E-state index is 11.9. The molecular weight excluding hydrogens is 310 g/mol. The van der Waals surface area contributed by atoms with Gasteiger partial charge in [0.15, 0.2) is 5.13 Å². The smallest absolute Gasteiger partial charge is 0.232 e. The van der Waals surface area contributed by atoms with Crippen molar-refractivity contribution in [2.24, 2.45) is 0 Å².